The molecule has 0 spiro atoms. The van der Waals surface area contributed by atoms with Crippen LogP contribution in [0.1, 0.15) is 11.1 Å². The van der Waals surface area contributed by atoms with Crippen LogP contribution in [-0.2, 0) is 13.2 Å². The number of hydrogen-bond acceptors (Lipinski definition) is 3. The summed E-state index contributed by atoms with van der Waals surface area (Å²) in [5.74, 6) is 1.14. The van der Waals surface area contributed by atoms with Gasteiger partial charge >= 0.3 is 0 Å². The van der Waals surface area contributed by atoms with Crippen LogP contribution in [0, 0.1) is 0 Å². The molecule has 3 aromatic carbocycles. The molecule has 0 radical (unpaired) electrons. The van der Waals surface area contributed by atoms with E-state index in [1.165, 1.54) is 0 Å². The zero-order chi connectivity index (χ0) is 15.9. The predicted octanol–water partition coefficient (Wildman–Crippen LogP) is 4.58. The van der Waals surface area contributed by atoms with E-state index in [9.17, 15) is 5.11 Å². The van der Waals surface area contributed by atoms with Crippen LogP contribution in [-0.4, -0.2) is 5.11 Å². The summed E-state index contributed by atoms with van der Waals surface area (Å²) in [5, 5.41) is 12.6. The molecule has 116 valence electrons. The van der Waals surface area contributed by atoms with Crippen LogP contribution in [0.5, 0.6) is 11.5 Å². The van der Waals surface area contributed by atoms with Crippen LogP contribution in [0.25, 0.3) is 0 Å². The number of nitrogens with one attached hydrogen (secondary N) is 1. The number of phenolic OH excluding ortho intramolecular Hbond substituents is 1. The molecule has 0 fully saturated rings. The minimum Gasteiger partial charge on any atom is -0.508 e. The minimum atomic E-state index is 0.286. The Labute approximate surface area is 136 Å². The summed E-state index contributed by atoms with van der Waals surface area (Å²) in [7, 11) is 0. The molecular formula is C20H19NO2. The van der Waals surface area contributed by atoms with E-state index < -0.39 is 0 Å². The minimum absolute atomic E-state index is 0.286. The Morgan fingerprint density at radius 2 is 1.43 bits per heavy atom. The molecule has 0 saturated carbocycles. The van der Waals surface area contributed by atoms with Gasteiger partial charge in [-0.2, -0.15) is 0 Å². The highest BCUT2D eigenvalue weighted by Crippen LogP contribution is 2.18. The maximum Gasteiger partial charge on any atom is 0.119 e. The van der Waals surface area contributed by atoms with Gasteiger partial charge in [0.1, 0.15) is 18.1 Å². The van der Waals surface area contributed by atoms with Crippen molar-refractivity contribution in [3.8, 4) is 11.5 Å². The number of aromatic hydroxyl groups is 1. The van der Waals surface area contributed by atoms with Gasteiger partial charge in [0, 0.05) is 12.2 Å². The van der Waals surface area contributed by atoms with Crippen molar-refractivity contribution in [3.63, 3.8) is 0 Å². The molecule has 3 rings (SSSR count). The van der Waals surface area contributed by atoms with Gasteiger partial charge in [0.2, 0.25) is 0 Å². The molecule has 2 N–H and O–H groups in total. The van der Waals surface area contributed by atoms with Gasteiger partial charge in [-0.25, -0.2) is 0 Å². The number of rotatable bonds is 6. The average Bonchev–Trinajstić information content (AvgIpc) is 2.61. The number of hydrogen-bond donors (Lipinski definition) is 2. The summed E-state index contributed by atoms with van der Waals surface area (Å²) in [4.78, 5) is 0. The first-order valence-corrected chi connectivity index (χ1v) is 7.58. The van der Waals surface area contributed by atoms with Gasteiger partial charge in [0.05, 0.1) is 0 Å². The molecule has 23 heavy (non-hydrogen) atoms. The van der Waals surface area contributed by atoms with E-state index in [1.54, 1.807) is 12.1 Å². The Kier molecular flexibility index (Phi) is 4.79. The summed E-state index contributed by atoms with van der Waals surface area (Å²) >= 11 is 0. The monoisotopic (exact) mass is 305 g/mol. The third-order valence-corrected chi connectivity index (χ3v) is 3.54. The van der Waals surface area contributed by atoms with Crippen LogP contribution in [0.3, 0.4) is 0 Å². The van der Waals surface area contributed by atoms with Crippen molar-refractivity contribution in [3.05, 3.63) is 90.0 Å². The van der Waals surface area contributed by atoms with Gasteiger partial charge < -0.3 is 15.2 Å². The van der Waals surface area contributed by atoms with E-state index in [0.29, 0.717) is 13.2 Å². The third kappa shape index (κ3) is 4.51. The molecule has 0 aliphatic carbocycles. The quantitative estimate of drug-likeness (QED) is 0.700. The molecule has 0 saturated heterocycles. The fourth-order valence-electron chi connectivity index (χ4n) is 2.23. The van der Waals surface area contributed by atoms with Crippen molar-refractivity contribution in [2.75, 3.05) is 5.32 Å². The number of benzene rings is 3. The van der Waals surface area contributed by atoms with Gasteiger partial charge in [-0.05, 0) is 47.5 Å². The van der Waals surface area contributed by atoms with E-state index in [-0.39, 0.29) is 5.75 Å². The lowest BCUT2D eigenvalue weighted by Crippen LogP contribution is -1.99. The van der Waals surface area contributed by atoms with Crippen LogP contribution in [0.15, 0.2) is 78.9 Å². The van der Waals surface area contributed by atoms with E-state index in [1.807, 2.05) is 66.7 Å². The van der Waals surface area contributed by atoms with Crippen molar-refractivity contribution in [1.29, 1.82) is 0 Å². The summed E-state index contributed by atoms with van der Waals surface area (Å²) in [6.07, 6.45) is 0. The number of phenols is 1. The molecule has 0 atom stereocenters. The van der Waals surface area contributed by atoms with Gasteiger partial charge in [-0.1, -0.05) is 42.5 Å². The molecule has 3 heteroatoms. The van der Waals surface area contributed by atoms with Crippen molar-refractivity contribution in [1.82, 2.24) is 0 Å². The molecule has 0 aliphatic rings. The van der Waals surface area contributed by atoms with Gasteiger partial charge in [-0.15, -0.1) is 0 Å². The largest absolute Gasteiger partial charge is 0.508 e. The standard InChI is InChI=1S/C20H19NO2/c22-19-10-6-16(7-11-19)14-21-18-8-12-20(13-9-18)23-15-17-4-2-1-3-5-17/h1-13,21-22H,14-15H2. The maximum absolute atomic E-state index is 9.27. The van der Waals surface area contributed by atoms with Gasteiger partial charge in [0.25, 0.3) is 0 Å². The summed E-state index contributed by atoms with van der Waals surface area (Å²) in [5.41, 5.74) is 3.30. The Hall–Kier alpha value is -2.94. The van der Waals surface area contributed by atoms with Crippen LogP contribution in [0.4, 0.5) is 5.69 Å². The Morgan fingerprint density at radius 3 is 2.13 bits per heavy atom. The maximum atomic E-state index is 9.27. The molecule has 0 heterocycles. The lowest BCUT2D eigenvalue weighted by molar-refractivity contribution is 0.306. The Balaban J connectivity index is 1.51. The van der Waals surface area contributed by atoms with Crippen LogP contribution >= 0.6 is 0 Å². The Morgan fingerprint density at radius 1 is 0.739 bits per heavy atom. The molecule has 0 unspecified atom stereocenters. The van der Waals surface area contributed by atoms with Crippen molar-refractivity contribution < 1.29 is 9.84 Å². The fourth-order valence-corrected chi connectivity index (χ4v) is 2.23. The van der Waals surface area contributed by atoms with Gasteiger partial charge in [0.15, 0.2) is 0 Å². The molecule has 0 aromatic heterocycles. The zero-order valence-corrected chi connectivity index (χ0v) is 12.8. The third-order valence-electron chi connectivity index (χ3n) is 3.54. The Bertz CT molecular complexity index is 722. The lowest BCUT2D eigenvalue weighted by atomic mass is 10.2. The highest BCUT2D eigenvalue weighted by Gasteiger charge is 1.98. The molecule has 3 aromatic rings. The van der Waals surface area contributed by atoms with Crippen molar-refractivity contribution in [2.24, 2.45) is 0 Å². The predicted molar refractivity (Wildman–Crippen MR) is 92.6 cm³/mol. The lowest BCUT2D eigenvalue weighted by Gasteiger charge is -2.09. The first kappa shape index (κ1) is 15.0. The molecule has 0 aliphatic heterocycles. The highest BCUT2D eigenvalue weighted by molar-refractivity contribution is 5.47. The fraction of sp³-hybridized carbons (Fsp3) is 0.100. The highest BCUT2D eigenvalue weighted by atomic mass is 16.5. The second-order valence-corrected chi connectivity index (χ2v) is 5.32. The molecule has 0 bridgehead atoms. The van der Waals surface area contributed by atoms with E-state index >= 15 is 0 Å². The topological polar surface area (TPSA) is 41.5 Å². The first-order valence-electron chi connectivity index (χ1n) is 7.58. The summed E-state index contributed by atoms with van der Waals surface area (Å²) in [6, 6.07) is 25.2. The van der Waals surface area contributed by atoms with E-state index in [4.69, 9.17) is 4.74 Å². The van der Waals surface area contributed by atoms with Crippen molar-refractivity contribution >= 4 is 5.69 Å². The van der Waals surface area contributed by atoms with Crippen LogP contribution in [0.2, 0.25) is 0 Å². The second kappa shape index (κ2) is 7.36. The van der Waals surface area contributed by atoms with Crippen molar-refractivity contribution in [2.45, 2.75) is 13.2 Å². The smallest absolute Gasteiger partial charge is 0.119 e. The summed E-state index contributed by atoms with van der Waals surface area (Å²) in [6.45, 7) is 1.28. The second-order valence-electron chi connectivity index (χ2n) is 5.32. The average molecular weight is 305 g/mol. The first-order chi connectivity index (χ1) is 11.3. The molecule has 3 nitrogen and oxygen atoms in total. The molecule has 0 amide bonds. The van der Waals surface area contributed by atoms with E-state index in [0.717, 1.165) is 22.6 Å². The van der Waals surface area contributed by atoms with E-state index in [2.05, 4.69) is 5.32 Å². The van der Waals surface area contributed by atoms with Gasteiger partial charge in [-0.3, -0.25) is 0 Å². The number of anilines is 1. The normalized spacial score (nSPS) is 10.3. The SMILES string of the molecule is Oc1ccc(CNc2ccc(OCc3ccccc3)cc2)cc1. The zero-order valence-electron chi connectivity index (χ0n) is 12.8. The number of ether oxygens (including phenoxy) is 1. The summed E-state index contributed by atoms with van der Waals surface area (Å²) < 4.78 is 5.77. The van der Waals surface area contributed by atoms with Crippen LogP contribution < -0.4 is 10.1 Å². The molecular weight excluding hydrogens is 286 g/mol.